The topological polar surface area (TPSA) is 76.9 Å². The molecule has 0 saturated heterocycles. The van der Waals surface area contributed by atoms with Crippen molar-refractivity contribution in [2.24, 2.45) is 0 Å². The second-order valence-corrected chi connectivity index (χ2v) is 10.5. The summed E-state index contributed by atoms with van der Waals surface area (Å²) in [4.78, 5) is 25.3. The van der Waals surface area contributed by atoms with Gasteiger partial charge in [0, 0.05) is 32.5 Å². The summed E-state index contributed by atoms with van der Waals surface area (Å²) in [5.41, 5.74) is 3.72. The quantitative estimate of drug-likeness (QED) is 0.108. The van der Waals surface area contributed by atoms with Crippen molar-refractivity contribution in [1.82, 2.24) is 14.8 Å². The number of allylic oxidation sites excluding steroid dienone is 1. The molecule has 0 bridgehead atoms. The third kappa shape index (κ3) is 6.87. The van der Waals surface area contributed by atoms with Crippen molar-refractivity contribution in [3.8, 4) is 17.1 Å². The Morgan fingerprint density at radius 3 is 2.12 bits per heavy atom. The van der Waals surface area contributed by atoms with Crippen LogP contribution in [0, 0.1) is 0 Å². The fourth-order valence-corrected chi connectivity index (χ4v) is 4.85. The third-order valence-corrected chi connectivity index (χ3v) is 7.27. The van der Waals surface area contributed by atoms with Crippen LogP contribution >= 0.6 is 35.0 Å². The van der Waals surface area contributed by atoms with E-state index in [4.69, 9.17) is 23.2 Å². The van der Waals surface area contributed by atoms with Crippen molar-refractivity contribution < 1.29 is 9.59 Å². The molecule has 0 unspecified atom stereocenters. The van der Waals surface area contributed by atoms with Gasteiger partial charge in [-0.25, -0.2) is 0 Å². The monoisotopic (exact) mass is 584 g/mol. The van der Waals surface area contributed by atoms with Crippen molar-refractivity contribution >= 4 is 58.4 Å². The van der Waals surface area contributed by atoms with Crippen LogP contribution in [-0.4, -0.2) is 32.2 Å². The van der Waals surface area contributed by atoms with Crippen LogP contribution in [0.25, 0.3) is 23.2 Å². The van der Waals surface area contributed by atoms with Crippen molar-refractivity contribution in [1.29, 1.82) is 0 Å². The summed E-state index contributed by atoms with van der Waals surface area (Å²) < 4.78 is 1.92. The normalized spacial score (nSPS) is 11.1. The van der Waals surface area contributed by atoms with E-state index in [9.17, 15) is 9.59 Å². The highest BCUT2D eigenvalue weighted by Crippen LogP contribution is 2.29. The number of aromatic nitrogens is 3. The van der Waals surface area contributed by atoms with Crippen LogP contribution in [0.5, 0.6) is 0 Å². The maximum absolute atomic E-state index is 12.8. The van der Waals surface area contributed by atoms with E-state index in [0.29, 0.717) is 32.3 Å². The molecule has 1 heterocycles. The Morgan fingerprint density at radius 2 is 1.45 bits per heavy atom. The summed E-state index contributed by atoms with van der Waals surface area (Å²) >= 11 is 13.2. The Balaban J connectivity index is 1.24. The number of para-hydroxylation sites is 1. The highest BCUT2D eigenvalue weighted by Gasteiger charge is 2.17. The van der Waals surface area contributed by atoms with Gasteiger partial charge in [-0.1, -0.05) is 71.4 Å². The van der Waals surface area contributed by atoms with Gasteiger partial charge in [-0.2, -0.15) is 0 Å². The number of anilines is 1. The molecule has 0 saturated carbocycles. The van der Waals surface area contributed by atoms with E-state index in [1.54, 1.807) is 54.6 Å². The second-order valence-electron chi connectivity index (χ2n) is 8.65. The lowest BCUT2D eigenvalue weighted by Crippen LogP contribution is -2.14. The molecule has 0 radical (unpaired) electrons. The first-order chi connectivity index (χ1) is 19.5. The van der Waals surface area contributed by atoms with Gasteiger partial charge in [0.1, 0.15) is 0 Å². The highest BCUT2D eigenvalue weighted by atomic mass is 35.5. The predicted octanol–water partition coefficient (Wildman–Crippen LogP) is 7.87. The molecule has 0 aliphatic rings. The van der Waals surface area contributed by atoms with E-state index < -0.39 is 0 Å². The fourth-order valence-electron chi connectivity index (χ4n) is 3.85. The molecule has 198 valence electrons. The van der Waals surface area contributed by atoms with Gasteiger partial charge < -0.3 is 5.32 Å². The molecule has 0 aliphatic carbocycles. The highest BCUT2D eigenvalue weighted by molar-refractivity contribution is 7.99. The summed E-state index contributed by atoms with van der Waals surface area (Å²) in [5, 5.41) is 13.5. The van der Waals surface area contributed by atoms with Crippen LogP contribution in [0.3, 0.4) is 0 Å². The summed E-state index contributed by atoms with van der Waals surface area (Å²) in [6.07, 6.45) is 3.24. The largest absolute Gasteiger partial charge is 0.325 e. The number of amides is 1. The number of thioether (sulfide) groups is 1. The lowest BCUT2D eigenvalue weighted by Gasteiger charge is -2.10. The molecule has 1 N–H and O–H groups in total. The molecule has 9 heteroatoms. The zero-order chi connectivity index (χ0) is 27.9. The van der Waals surface area contributed by atoms with Crippen LogP contribution in [0.2, 0.25) is 10.0 Å². The van der Waals surface area contributed by atoms with Crippen molar-refractivity contribution in [3.63, 3.8) is 0 Å². The van der Waals surface area contributed by atoms with E-state index in [0.717, 1.165) is 16.8 Å². The number of hydrogen-bond donors (Lipinski definition) is 1. The van der Waals surface area contributed by atoms with Gasteiger partial charge in [-0.05, 0) is 84.4 Å². The molecule has 40 heavy (non-hydrogen) atoms. The Labute approximate surface area is 245 Å². The van der Waals surface area contributed by atoms with Gasteiger partial charge in [0.25, 0.3) is 0 Å². The zero-order valence-corrected chi connectivity index (χ0v) is 23.3. The molecule has 6 nitrogen and oxygen atoms in total. The predicted molar refractivity (Wildman–Crippen MR) is 162 cm³/mol. The minimum Gasteiger partial charge on any atom is -0.325 e. The molecule has 5 aromatic rings. The molecule has 0 spiro atoms. The molecular formula is C31H22Cl2N4O2S. The lowest BCUT2D eigenvalue weighted by molar-refractivity contribution is -0.113. The van der Waals surface area contributed by atoms with Crippen molar-refractivity contribution in [2.75, 3.05) is 11.1 Å². The Kier molecular flexibility index (Phi) is 8.76. The van der Waals surface area contributed by atoms with Crippen LogP contribution in [0.4, 0.5) is 5.69 Å². The van der Waals surface area contributed by atoms with Crippen molar-refractivity contribution in [3.05, 3.63) is 130 Å². The van der Waals surface area contributed by atoms with E-state index >= 15 is 0 Å². The number of benzene rings is 4. The van der Waals surface area contributed by atoms with E-state index in [1.807, 2.05) is 59.2 Å². The van der Waals surface area contributed by atoms with Crippen molar-refractivity contribution in [2.45, 2.75) is 5.16 Å². The van der Waals surface area contributed by atoms with Crippen LogP contribution in [0.15, 0.2) is 114 Å². The summed E-state index contributed by atoms with van der Waals surface area (Å²) in [5.74, 6) is 0.425. The molecule has 4 aromatic carbocycles. The number of hydrogen-bond acceptors (Lipinski definition) is 5. The fraction of sp³-hybridized carbons (Fsp3) is 0.0323. The number of halogens is 2. The number of ketones is 1. The van der Waals surface area contributed by atoms with Gasteiger partial charge in [0.2, 0.25) is 5.91 Å². The summed E-state index contributed by atoms with van der Waals surface area (Å²) in [7, 11) is 0. The molecule has 0 atom stereocenters. The maximum Gasteiger partial charge on any atom is 0.234 e. The average Bonchev–Trinajstić information content (AvgIpc) is 3.41. The van der Waals surface area contributed by atoms with E-state index in [-0.39, 0.29) is 17.4 Å². The summed E-state index contributed by atoms with van der Waals surface area (Å²) in [6.45, 7) is 0. The number of rotatable bonds is 9. The molecular weight excluding hydrogens is 563 g/mol. The van der Waals surface area contributed by atoms with Gasteiger partial charge in [-0.3, -0.25) is 14.2 Å². The third-order valence-electron chi connectivity index (χ3n) is 5.83. The van der Waals surface area contributed by atoms with Gasteiger partial charge in [0.05, 0.1) is 5.75 Å². The number of nitrogens with zero attached hydrogens (tertiary/aromatic N) is 3. The summed E-state index contributed by atoms with van der Waals surface area (Å²) in [6, 6.07) is 31.1. The molecule has 1 aromatic heterocycles. The molecule has 5 rings (SSSR count). The number of carbonyl (C=O) groups is 2. The SMILES string of the molecule is O=C(CSc1nnc(-c2ccc(Cl)cc2)n1-c1ccccc1)Nc1ccc(C(=O)/C=C/c2ccc(Cl)cc2)cc1. The first-order valence-corrected chi connectivity index (χ1v) is 14.0. The van der Waals surface area contributed by atoms with Gasteiger partial charge in [-0.15, -0.1) is 10.2 Å². The van der Waals surface area contributed by atoms with Crippen LogP contribution in [0.1, 0.15) is 15.9 Å². The first kappa shape index (κ1) is 27.4. The molecule has 0 aliphatic heterocycles. The molecule has 0 fully saturated rings. The smallest absolute Gasteiger partial charge is 0.234 e. The van der Waals surface area contributed by atoms with Crippen LogP contribution < -0.4 is 5.32 Å². The van der Waals surface area contributed by atoms with E-state index in [2.05, 4.69) is 15.5 Å². The zero-order valence-electron chi connectivity index (χ0n) is 21.0. The minimum absolute atomic E-state index is 0.121. The van der Waals surface area contributed by atoms with Gasteiger partial charge >= 0.3 is 0 Å². The number of nitrogens with one attached hydrogen (secondary N) is 1. The second kappa shape index (κ2) is 12.8. The Bertz CT molecular complexity index is 1650. The minimum atomic E-state index is -0.206. The Morgan fingerprint density at radius 1 is 0.800 bits per heavy atom. The Hall–Kier alpha value is -4.17. The standard InChI is InChI=1S/C31H22Cl2N4O2S/c32-24-13-6-21(7-14-24)8-19-28(38)22-11-17-26(18-12-22)34-29(39)20-40-31-36-35-30(23-9-15-25(33)16-10-23)37(31)27-4-2-1-3-5-27/h1-19H,20H2,(H,34,39)/b19-8+. The first-order valence-electron chi connectivity index (χ1n) is 12.2. The maximum atomic E-state index is 12.8. The number of carbonyl (C=O) groups excluding carboxylic acids is 2. The lowest BCUT2D eigenvalue weighted by atomic mass is 10.1. The van der Waals surface area contributed by atoms with Crippen LogP contribution in [-0.2, 0) is 4.79 Å². The van der Waals surface area contributed by atoms with Gasteiger partial charge in [0.15, 0.2) is 16.8 Å². The van der Waals surface area contributed by atoms with E-state index in [1.165, 1.54) is 17.8 Å². The average molecular weight is 586 g/mol. The molecule has 1 amide bonds.